The second-order valence-electron chi connectivity index (χ2n) is 7.68. The van der Waals surface area contributed by atoms with Crippen molar-refractivity contribution >= 4 is 11.7 Å². The van der Waals surface area contributed by atoms with Crippen molar-refractivity contribution in [2.24, 2.45) is 0 Å². The summed E-state index contributed by atoms with van der Waals surface area (Å²) in [4.78, 5) is 22.2. The highest BCUT2D eigenvalue weighted by Gasteiger charge is 2.22. The smallest absolute Gasteiger partial charge is 0.260 e. The van der Waals surface area contributed by atoms with Crippen molar-refractivity contribution in [3.05, 3.63) is 59.9 Å². The van der Waals surface area contributed by atoms with Crippen molar-refractivity contribution in [1.82, 2.24) is 14.5 Å². The number of fused-ring (bicyclic) bond motifs is 5. The van der Waals surface area contributed by atoms with Crippen molar-refractivity contribution in [2.75, 3.05) is 25.1 Å². The molecule has 2 aliphatic heterocycles. The van der Waals surface area contributed by atoms with E-state index >= 15 is 0 Å². The Morgan fingerprint density at radius 3 is 3.00 bits per heavy atom. The molecule has 1 saturated heterocycles. The van der Waals surface area contributed by atoms with Crippen LogP contribution in [0.2, 0.25) is 0 Å². The molecule has 1 atom stereocenters. The van der Waals surface area contributed by atoms with Gasteiger partial charge in [0.25, 0.3) is 5.91 Å². The first-order valence-corrected chi connectivity index (χ1v) is 10.4. The predicted molar refractivity (Wildman–Crippen MR) is 113 cm³/mol. The van der Waals surface area contributed by atoms with Gasteiger partial charge in [-0.05, 0) is 49.1 Å². The van der Waals surface area contributed by atoms with Gasteiger partial charge >= 0.3 is 0 Å². The van der Waals surface area contributed by atoms with Crippen LogP contribution < -0.4 is 10.1 Å². The lowest BCUT2D eigenvalue weighted by Crippen LogP contribution is -2.16. The van der Waals surface area contributed by atoms with Crippen LogP contribution in [-0.2, 0) is 11.3 Å². The van der Waals surface area contributed by atoms with Crippen molar-refractivity contribution in [1.29, 1.82) is 0 Å². The molecule has 1 aromatic carbocycles. The maximum Gasteiger partial charge on any atom is 0.260 e. The molecule has 7 nitrogen and oxygen atoms in total. The van der Waals surface area contributed by atoms with E-state index in [0.717, 1.165) is 49.5 Å². The third-order valence-corrected chi connectivity index (χ3v) is 5.64. The summed E-state index contributed by atoms with van der Waals surface area (Å²) in [5, 5.41) is 2.93. The number of ether oxygens (including phenoxy) is 2. The van der Waals surface area contributed by atoms with E-state index in [1.165, 1.54) is 0 Å². The zero-order chi connectivity index (χ0) is 20.3. The van der Waals surface area contributed by atoms with Crippen molar-refractivity contribution in [3.8, 4) is 17.3 Å². The maximum absolute atomic E-state index is 13.2. The fourth-order valence-electron chi connectivity index (χ4n) is 4.00. The van der Waals surface area contributed by atoms with Crippen LogP contribution in [0.15, 0.2) is 48.8 Å². The number of nitrogens with zero attached hydrogens (tertiary/aromatic N) is 3. The monoisotopic (exact) mass is 404 g/mol. The van der Waals surface area contributed by atoms with E-state index in [1.807, 2.05) is 36.5 Å². The third-order valence-electron chi connectivity index (χ3n) is 5.64. The topological polar surface area (TPSA) is 78.3 Å². The van der Waals surface area contributed by atoms with Gasteiger partial charge in [0.15, 0.2) is 5.82 Å². The Kier molecular flexibility index (Phi) is 5.19. The van der Waals surface area contributed by atoms with Crippen LogP contribution in [0.5, 0.6) is 5.75 Å². The van der Waals surface area contributed by atoms with Gasteiger partial charge in [0.1, 0.15) is 17.3 Å². The average Bonchev–Trinajstić information content (AvgIpc) is 3.45. The summed E-state index contributed by atoms with van der Waals surface area (Å²) in [5.41, 5.74) is 2.38. The van der Waals surface area contributed by atoms with Gasteiger partial charge in [-0.3, -0.25) is 4.79 Å². The minimum atomic E-state index is -0.226. The quantitative estimate of drug-likeness (QED) is 0.666. The van der Waals surface area contributed by atoms with Crippen LogP contribution in [0.1, 0.15) is 41.1 Å². The molecule has 30 heavy (non-hydrogen) atoms. The van der Waals surface area contributed by atoms with E-state index in [-0.39, 0.29) is 5.91 Å². The van der Waals surface area contributed by atoms with E-state index in [0.29, 0.717) is 36.3 Å². The fourth-order valence-corrected chi connectivity index (χ4v) is 4.00. The molecule has 2 aliphatic rings. The number of hydrogen-bond donors (Lipinski definition) is 1. The number of carbonyl (C=O) groups is 1. The van der Waals surface area contributed by atoms with E-state index < -0.39 is 0 Å². The molecule has 4 heterocycles. The van der Waals surface area contributed by atoms with Crippen molar-refractivity contribution < 1.29 is 14.3 Å². The minimum absolute atomic E-state index is 0.226. The Hall–Kier alpha value is -3.19. The molecule has 154 valence electrons. The summed E-state index contributed by atoms with van der Waals surface area (Å²) in [7, 11) is 0. The zero-order valence-electron chi connectivity index (χ0n) is 16.7. The summed E-state index contributed by atoms with van der Waals surface area (Å²) in [6, 6.07) is 11.5. The molecule has 0 radical (unpaired) electrons. The highest BCUT2D eigenvalue weighted by atomic mass is 16.5. The van der Waals surface area contributed by atoms with Gasteiger partial charge < -0.3 is 19.4 Å². The number of imidazole rings is 1. The van der Waals surface area contributed by atoms with Gasteiger partial charge in [-0.2, -0.15) is 0 Å². The predicted octanol–water partition coefficient (Wildman–Crippen LogP) is 3.87. The largest absolute Gasteiger partial charge is 0.493 e. The SMILES string of the molecule is O=C1Nc2cccc(n2)-c2nccn2CCCCOc2ccc(C3CCOC3)cc21. The zero-order valence-corrected chi connectivity index (χ0v) is 16.7. The number of aryl methyl sites for hydroxylation is 1. The van der Waals surface area contributed by atoms with E-state index in [4.69, 9.17) is 9.47 Å². The number of carbonyl (C=O) groups excluding carboxylic acids is 1. The summed E-state index contributed by atoms with van der Waals surface area (Å²) in [6.45, 7) is 2.85. The van der Waals surface area contributed by atoms with Gasteiger partial charge in [-0.25, -0.2) is 9.97 Å². The Morgan fingerprint density at radius 1 is 1.13 bits per heavy atom. The lowest BCUT2D eigenvalue weighted by Gasteiger charge is -2.16. The molecule has 3 aromatic rings. The Labute approximate surface area is 175 Å². The molecular weight excluding hydrogens is 380 g/mol. The van der Waals surface area contributed by atoms with Gasteiger partial charge in [0, 0.05) is 31.5 Å². The lowest BCUT2D eigenvalue weighted by molar-refractivity contribution is 0.102. The molecule has 2 aromatic heterocycles. The van der Waals surface area contributed by atoms with Crippen molar-refractivity contribution in [3.63, 3.8) is 0 Å². The van der Waals surface area contributed by atoms with Crippen LogP contribution >= 0.6 is 0 Å². The van der Waals surface area contributed by atoms with Crippen LogP contribution in [0, 0.1) is 0 Å². The number of rotatable bonds is 1. The van der Waals surface area contributed by atoms with Gasteiger partial charge in [0.05, 0.1) is 18.8 Å². The molecule has 0 spiro atoms. The first-order chi connectivity index (χ1) is 14.8. The second kappa shape index (κ2) is 8.28. The molecule has 5 rings (SSSR count). The highest BCUT2D eigenvalue weighted by Crippen LogP contribution is 2.30. The number of benzene rings is 1. The van der Waals surface area contributed by atoms with Gasteiger partial charge in [-0.15, -0.1) is 0 Å². The molecule has 0 aliphatic carbocycles. The molecule has 1 fully saturated rings. The summed E-state index contributed by atoms with van der Waals surface area (Å²) in [6.07, 6.45) is 6.53. The molecule has 1 amide bonds. The number of nitrogens with one attached hydrogen (secondary N) is 1. The lowest BCUT2D eigenvalue weighted by atomic mass is 9.96. The Morgan fingerprint density at radius 2 is 2.10 bits per heavy atom. The van der Waals surface area contributed by atoms with Gasteiger partial charge in [-0.1, -0.05) is 12.1 Å². The highest BCUT2D eigenvalue weighted by molar-refractivity contribution is 6.06. The standard InChI is InChI=1S/C23H24N4O3/c28-23-18-14-16(17-8-13-29-15-17)6-7-20(18)30-12-2-1-10-27-11-9-24-22(27)19-4-3-5-21(25-19)26-23/h3-7,9,11,14,17H,1-2,8,10,12-13,15H2,(H,25,26,28). The first kappa shape index (κ1) is 18.8. The number of hydrogen-bond acceptors (Lipinski definition) is 5. The van der Waals surface area contributed by atoms with E-state index in [2.05, 4.69) is 19.9 Å². The Bertz CT molecular complexity index is 1060. The first-order valence-electron chi connectivity index (χ1n) is 10.4. The van der Waals surface area contributed by atoms with Gasteiger partial charge in [0.2, 0.25) is 0 Å². The van der Waals surface area contributed by atoms with Crippen molar-refractivity contribution in [2.45, 2.75) is 31.7 Å². The second-order valence-corrected chi connectivity index (χ2v) is 7.68. The fraction of sp³-hybridized carbons (Fsp3) is 0.348. The van der Waals surface area contributed by atoms with Crippen LogP contribution in [0.25, 0.3) is 11.5 Å². The third kappa shape index (κ3) is 3.80. The van der Waals surface area contributed by atoms with Crippen LogP contribution in [-0.4, -0.2) is 40.3 Å². The number of pyridine rings is 1. The molecule has 2 bridgehead atoms. The van der Waals surface area contributed by atoms with E-state index in [1.54, 1.807) is 12.3 Å². The van der Waals surface area contributed by atoms with Crippen LogP contribution in [0.4, 0.5) is 5.82 Å². The maximum atomic E-state index is 13.2. The number of aromatic nitrogens is 3. The molecule has 1 unspecified atom stereocenters. The number of anilines is 1. The minimum Gasteiger partial charge on any atom is -0.493 e. The summed E-state index contributed by atoms with van der Waals surface area (Å²) in [5.74, 6) is 1.98. The Balaban J connectivity index is 1.51. The number of amides is 1. The molecular formula is C23H24N4O3. The normalized spacial score (nSPS) is 19.2. The molecule has 0 saturated carbocycles. The summed E-state index contributed by atoms with van der Waals surface area (Å²) < 4.78 is 13.6. The molecule has 7 heteroatoms. The van der Waals surface area contributed by atoms with E-state index in [9.17, 15) is 4.79 Å². The average molecular weight is 404 g/mol. The summed E-state index contributed by atoms with van der Waals surface area (Å²) >= 11 is 0. The molecule has 1 N–H and O–H groups in total. The van der Waals surface area contributed by atoms with Crippen LogP contribution in [0.3, 0.4) is 0 Å².